The molecule has 0 aliphatic carbocycles. The number of nitrogens with zero attached hydrogens (tertiary/aromatic N) is 1. The van der Waals surface area contributed by atoms with Gasteiger partial charge in [0.2, 0.25) is 0 Å². The minimum atomic E-state index is -0.243. The summed E-state index contributed by atoms with van der Waals surface area (Å²) in [5, 5.41) is 0. The Labute approximate surface area is 158 Å². The molecule has 5 heteroatoms. The van der Waals surface area contributed by atoms with Crippen LogP contribution in [0.4, 0.5) is 4.39 Å². The number of H-pyrrole nitrogens is 1. The van der Waals surface area contributed by atoms with Crippen molar-refractivity contribution < 1.29 is 13.9 Å². The molecule has 1 aromatic heterocycles. The van der Waals surface area contributed by atoms with Crippen LogP contribution in [0.15, 0.2) is 61.1 Å². The van der Waals surface area contributed by atoms with Crippen LogP contribution in [0, 0.1) is 5.82 Å². The summed E-state index contributed by atoms with van der Waals surface area (Å²) in [5.41, 5.74) is 3.97. The van der Waals surface area contributed by atoms with E-state index in [1.54, 1.807) is 32.7 Å². The lowest BCUT2D eigenvalue weighted by molar-refractivity contribution is 0.393. The molecule has 0 unspecified atom stereocenters. The summed E-state index contributed by atoms with van der Waals surface area (Å²) < 4.78 is 23.9. The minimum Gasteiger partial charge on any atom is -0.497 e. The first-order valence-corrected chi connectivity index (χ1v) is 8.87. The van der Waals surface area contributed by atoms with Crippen molar-refractivity contribution in [2.75, 3.05) is 14.2 Å². The van der Waals surface area contributed by atoms with Gasteiger partial charge in [0.05, 0.1) is 26.2 Å². The second-order valence-corrected chi connectivity index (χ2v) is 6.19. The molecule has 0 saturated heterocycles. The van der Waals surface area contributed by atoms with Crippen molar-refractivity contribution in [1.29, 1.82) is 0 Å². The van der Waals surface area contributed by atoms with E-state index in [4.69, 9.17) is 9.47 Å². The average molecular weight is 366 g/mol. The van der Waals surface area contributed by atoms with Gasteiger partial charge in [-0.2, -0.15) is 0 Å². The van der Waals surface area contributed by atoms with Crippen molar-refractivity contribution in [2.45, 2.75) is 19.3 Å². The van der Waals surface area contributed by atoms with Gasteiger partial charge in [-0.1, -0.05) is 18.2 Å². The maximum Gasteiger partial charge on any atom is 0.123 e. The maximum atomic E-state index is 13.2. The summed E-state index contributed by atoms with van der Waals surface area (Å²) in [6.07, 6.45) is 8.39. The molecule has 1 heterocycles. The first-order chi connectivity index (χ1) is 13.2. The average Bonchev–Trinajstić information content (AvgIpc) is 3.23. The fourth-order valence-corrected chi connectivity index (χ4v) is 2.97. The van der Waals surface area contributed by atoms with Crippen LogP contribution < -0.4 is 9.47 Å². The molecule has 0 bridgehead atoms. The van der Waals surface area contributed by atoms with Crippen LogP contribution >= 0.6 is 0 Å². The summed E-state index contributed by atoms with van der Waals surface area (Å²) in [5.74, 6) is 1.35. The molecular formula is C22H23FN2O2. The third-order valence-corrected chi connectivity index (χ3v) is 4.36. The summed E-state index contributed by atoms with van der Waals surface area (Å²) in [6.45, 7) is 0. The van der Waals surface area contributed by atoms with Gasteiger partial charge in [0.1, 0.15) is 17.3 Å². The van der Waals surface area contributed by atoms with Crippen molar-refractivity contribution in [2.24, 2.45) is 0 Å². The Morgan fingerprint density at radius 1 is 1.07 bits per heavy atom. The van der Waals surface area contributed by atoms with Crippen LogP contribution in [0.2, 0.25) is 0 Å². The molecule has 140 valence electrons. The third kappa shape index (κ3) is 4.97. The quantitative estimate of drug-likeness (QED) is 0.569. The van der Waals surface area contributed by atoms with E-state index in [1.807, 2.05) is 24.4 Å². The molecule has 27 heavy (non-hydrogen) atoms. The fraction of sp³-hybridized carbons (Fsp3) is 0.227. The number of benzene rings is 2. The SMILES string of the molecule is COc1cc(CCC/C=C(\c2ccc(F)cc2)c2c[nH]cn2)cc(OC)c1. The number of hydrogen-bond donors (Lipinski definition) is 1. The van der Waals surface area contributed by atoms with Gasteiger partial charge in [-0.15, -0.1) is 0 Å². The highest BCUT2D eigenvalue weighted by Gasteiger charge is 2.07. The Morgan fingerprint density at radius 2 is 1.78 bits per heavy atom. The number of hydrogen-bond acceptors (Lipinski definition) is 3. The van der Waals surface area contributed by atoms with Crippen LogP contribution in [0.1, 0.15) is 29.7 Å². The second kappa shape index (κ2) is 9.03. The Balaban J connectivity index is 1.71. The number of nitrogens with one attached hydrogen (secondary N) is 1. The molecule has 0 radical (unpaired) electrons. The smallest absolute Gasteiger partial charge is 0.123 e. The van der Waals surface area contributed by atoms with E-state index in [2.05, 4.69) is 16.0 Å². The number of aromatic nitrogens is 2. The molecule has 0 aliphatic rings. The lowest BCUT2D eigenvalue weighted by atomic mass is 10.00. The number of halogens is 1. The van der Waals surface area contributed by atoms with Crippen LogP contribution in [-0.4, -0.2) is 24.2 Å². The second-order valence-electron chi connectivity index (χ2n) is 6.19. The predicted octanol–water partition coefficient (Wildman–Crippen LogP) is 5.02. The van der Waals surface area contributed by atoms with Gasteiger partial charge in [-0.25, -0.2) is 9.37 Å². The third-order valence-electron chi connectivity index (χ3n) is 4.36. The molecule has 4 nitrogen and oxygen atoms in total. The van der Waals surface area contributed by atoms with Gasteiger partial charge >= 0.3 is 0 Å². The van der Waals surface area contributed by atoms with E-state index in [0.717, 1.165) is 47.6 Å². The lowest BCUT2D eigenvalue weighted by Gasteiger charge is -2.09. The van der Waals surface area contributed by atoms with Crippen LogP contribution in [0.5, 0.6) is 11.5 Å². The Bertz CT molecular complexity index is 865. The van der Waals surface area contributed by atoms with E-state index < -0.39 is 0 Å². The van der Waals surface area contributed by atoms with Crippen LogP contribution in [0.3, 0.4) is 0 Å². The van der Waals surface area contributed by atoms with Gasteiger partial charge in [-0.05, 0) is 54.7 Å². The number of allylic oxidation sites excluding steroid dienone is 1. The van der Waals surface area contributed by atoms with E-state index in [1.165, 1.54) is 17.7 Å². The summed E-state index contributed by atoms with van der Waals surface area (Å²) in [6, 6.07) is 12.4. The lowest BCUT2D eigenvalue weighted by Crippen LogP contribution is -1.92. The highest BCUT2D eigenvalue weighted by Crippen LogP contribution is 2.25. The highest BCUT2D eigenvalue weighted by atomic mass is 19.1. The van der Waals surface area contributed by atoms with Crippen LogP contribution in [-0.2, 0) is 6.42 Å². The first-order valence-electron chi connectivity index (χ1n) is 8.87. The van der Waals surface area contributed by atoms with Gasteiger partial charge in [0, 0.05) is 17.8 Å². The fourth-order valence-electron chi connectivity index (χ4n) is 2.97. The van der Waals surface area contributed by atoms with Gasteiger partial charge in [0.15, 0.2) is 0 Å². The largest absolute Gasteiger partial charge is 0.497 e. The van der Waals surface area contributed by atoms with Gasteiger partial charge in [0.25, 0.3) is 0 Å². The van der Waals surface area contributed by atoms with Crippen molar-refractivity contribution in [3.8, 4) is 11.5 Å². The molecule has 3 rings (SSSR count). The summed E-state index contributed by atoms with van der Waals surface area (Å²) in [4.78, 5) is 7.33. The normalized spacial score (nSPS) is 11.4. The number of ether oxygens (including phenoxy) is 2. The zero-order valence-corrected chi connectivity index (χ0v) is 15.5. The molecule has 0 atom stereocenters. The van der Waals surface area contributed by atoms with E-state index >= 15 is 0 Å². The minimum absolute atomic E-state index is 0.243. The molecular weight excluding hydrogens is 343 g/mol. The maximum absolute atomic E-state index is 13.2. The highest BCUT2D eigenvalue weighted by molar-refractivity contribution is 5.77. The van der Waals surface area contributed by atoms with Gasteiger partial charge < -0.3 is 14.5 Å². The Hall–Kier alpha value is -3.08. The number of aryl methyl sites for hydroxylation is 1. The number of methoxy groups -OCH3 is 2. The number of aromatic amines is 1. The molecule has 0 spiro atoms. The van der Waals surface area contributed by atoms with E-state index in [-0.39, 0.29) is 5.82 Å². The zero-order chi connectivity index (χ0) is 19.1. The Kier molecular flexibility index (Phi) is 6.26. The molecule has 2 aromatic carbocycles. The molecule has 0 saturated carbocycles. The van der Waals surface area contributed by atoms with Crippen molar-refractivity contribution in [3.63, 3.8) is 0 Å². The number of rotatable bonds is 8. The molecule has 0 aliphatic heterocycles. The number of unbranched alkanes of at least 4 members (excludes halogenated alkanes) is 1. The molecule has 1 N–H and O–H groups in total. The Morgan fingerprint density at radius 3 is 2.37 bits per heavy atom. The topological polar surface area (TPSA) is 47.1 Å². The first kappa shape index (κ1) is 18.7. The summed E-state index contributed by atoms with van der Waals surface area (Å²) in [7, 11) is 3.31. The predicted molar refractivity (Wildman–Crippen MR) is 105 cm³/mol. The molecule has 3 aromatic rings. The monoisotopic (exact) mass is 366 g/mol. The summed E-state index contributed by atoms with van der Waals surface area (Å²) >= 11 is 0. The van der Waals surface area contributed by atoms with Crippen molar-refractivity contribution >= 4 is 5.57 Å². The van der Waals surface area contributed by atoms with E-state index in [9.17, 15) is 4.39 Å². The van der Waals surface area contributed by atoms with Crippen molar-refractivity contribution in [1.82, 2.24) is 9.97 Å². The van der Waals surface area contributed by atoms with Crippen LogP contribution in [0.25, 0.3) is 5.57 Å². The molecule has 0 fully saturated rings. The van der Waals surface area contributed by atoms with Gasteiger partial charge in [-0.3, -0.25) is 0 Å². The standard InChI is InChI=1S/C22H23FN2O2/c1-26-19-11-16(12-20(13-19)27-2)5-3-4-6-21(22-14-24-15-25-22)17-7-9-18(23)10-8-17/h6-15H,3-5H2,1-2H3,(H,24,25)/b21-6+. The molecule has 0 amide bonds. The number of imidazole rings is 1. The van der Waals surface area contributed by atoms with E-state index in [0.29, 0.717) is 0 Å². The zero-order valence-electron chi connectivity index (χ0n) is 15.5. The van der Waals surface area contributed by atoms with Crippen molar-refractivity contribution in [3.05, 3.63) is 83.7 Å².